The van der Waals surface area contributed by atoms with E-state index in [-0.39, 0.29) is 29.9 Å². The summed E-state index contributed by atoms with van der Waals surface area (Å²) in [7, 11) is 0. The van der Waals surface area contributed by atoms with Crippen molar-refractivity contribution in [1.82, 2.24) is 15.1 Å². The molecule has 170 valence electrons. The van der Waals surface area contributed by atoms with Crippen LogP contribution in [-0.2, 0) is 9.59 Å². The first-order chi connectivity index (χ1) is 14.6. The third-order valence-electron chi connectivity index (χ3n) is 4.90. The molecule has 1 aliphatic heterocycles. The zero-order valence-corrected chi connectivity index (χ0v) is 19.1. The number of nitrogens with one attached hydrogen (secondary N) is 2. The van der Waals surface area contributed by atoms with Crippen LogP contribution in [0.1, 0.15) is 34.1 Å². The van der Waals surface area contributed by atoms with Crippen molar-refractivity contribution in [3.05, 3.63) is 36.9 Å². The van der Waals surface area contributed by atoms with Gasteiger partial charge in [0.15, 0.2) is 0 Å². The van der Waals surface area contributed by atoms with Crippen LogP contribution in [0.3, 0.4) is 0 Å². The molecule has 0 aromatic heterocycles. The second-order valence-electron chi connectivity index (χ2n) is 8.67. The molecule has 1 aromatic carbocycles. The first-order valence-corrected chi connectivity index (χ1v) is 10.7. The first kappa shape index (κ1) is 24.2. The van der Waals surface area contributed by atoms with Crippen LogP contribution < -0.4 is 15.5 Å². The molecule has 2 N–H and O–H groups in total. The second kappa shape index (κ2) is 10.8. The van der Waals surface area contributed by atoms with Crippen molar-refractivity contribution in [2.75, 3.05) is 49.5 Å². The number of nitrogens with zero attached hydrogens (tertiary/aromatic N) is 3. The molecule has 31 heavy (non-hydrogen) atoms. The predicted octanol–water partition coefficient (Wildman–Crippen LogP) is 2.68. The lowest BCUT2D eigenvalue weighted by Crippen LogP contribution is -2.55. The molecule has 0 atom stereocenters. The van der Waals surface area contributed by atoms with Crippen LogP contribution in [0.25, 0.3) is 0 Å². The molecule has 1 saturated heterocycles. The Balaban J connectivity index is 1.87. The molecule has 0 unspecified atom stereocenters. The fourth-order valence-electron chi connectivity index (χ4n) is 3.33. The number of hydrogen-bond donors (Lipinski definition) is 2. The van der Waals surface area contributed by atoms with Crippen LogP contribution >= 0.6 is 0 Å². The van der Waals surface area contributed by atoms with Gasteiger partial charge in [-0.3, -0.25) is 9.59 Å². The molecule has 1 aliphatic rings. The van der Waals surface area contributed by atoms with Crippen LogP contribution in [-0.4, -0.2) is 72.5 Å². The van der Waals surface area contributed by atoms with Crippen molar-refractivity contribution < 1.29 is 14.4 Å². The third kappa shape index (κ3) is 7.62. The van der Waals surface area contributed by atoms with E-state index >= 15 is 0 Å². The van der Waals surface area contributed by atoms with Crippen LogP contribution in [0.2, 0.25) is 0 Å². The van der Waals surface area contributed by atoms with Gasteiger partial charge in [0.05, 0.1) is 0 Å². The van der Waals surface area contributed by atoms with E-state index in [0.29, 0.717) is 31.7 Å². The van der Waals surface area contributed by atoms with Crippen molar-refractivity contribution in [2.24, 2.45) is 0 Å². The average molecular weight is 430 g/mol. The lowest BCUT2D eigenvalue weighted by atomic mass is 10.1. The Morgan fingerprint density at radius 1 is 1.10 bits per heavy atom. The van der Waals surface area contributed by atoms with Gasteiger partial charge >= 0.3 is 6.03 Å². The van der Waals surface area contributed by atoms with E-state index < -0.39 is 0 Å². The summed E-state index contributed by atoms with van der Waals surface area (Å²) in [5.41, 5.74) is 1.48. The second-order valence-corrected chi connectivity index (χ2v) is 8.67. The van der Waals surface area contributed by atoms with Gasteiger partial charge in [-0.25, -0.2) is 4.79 Å². The Bertz CT molecular complexity index is 777. The largest absolute Gasteiger partial charge is 0.368 e. The average Bonchev–Trinajstić information content (AvgIpc) is 2.72. The number of carbonyl (C=O) groups excluding carboxylic acids is 3. The van der Waals surface area contributed by atoms with Crippen molar-refractivity contribution >= 4 is 29.2 Å². The number of benzene rings is 1. The van der Waals surface area contributed by atoms with E-state index in [1.807, 2.05) is 49.9 Å². The number of amides is 4. The van der Waals surface area contributed by atoms with Gasteiger partial charge in [-0.2, -0.15) is 0 Å². The summed E-state index contributed by atoms with van der Waals surface area (Å²) in [6.07, 6.45) is 1.96. The molecule has 0 bridgehead atoms. The van der Waals surface area contributed by atoms with E-state index in [2.05, 4.69) is 22.1 Å². The Morgan fingerprint density at radius 3 is 2.23 bits per heavy atom. The van der Waals surface area contributed by atoms with Gasteiger partial charge in [-0.15, -0.1) is 6.58 Å². The number of urea groups is 1. The molecular weight excluding hydrogens is 394 g/mol. The Morgan fingerprint density at radius 2 is 1.71 bits per heavy atom. The van der Waals surface area contributed by atoms with E-state index in [1.54, 1.807) is 13.0 Å². The number of anilines is 2. The molecule has 4 amide bonds. The number of carbonyl (C=O) groups is 3. The van der Waals surface area contributed by atoms with E-state index in [4.69, 9.17) is 0 Å². The van der Waals surface area contributed by atoms with Crippen LogP contribution in [0.5, 0.6) is 0 Å². The molecule has 0 saturated carbocycles. The molecule has 8 heteroatoms. The molecule has 0 radical (unpaired) electrons. The highest BCUT2D eigenvalue weighted by Crippen LogP contribution is 2.20. The number of hydrogen-bond acceptors (Lipinski definition) is 4. The molecule has 1 heterocycles. The summed E-state index contributed by atoms with van der Waals surface area (Å²) < 4.78 is 0. The fourth-order valence-corrected chi connectivity index (χ4v) is 3.33. The zero-order chi connectivity index (χ0) is 23.0. The lowest BCUT2D eigenvalue weighted by molar-refractivity contribution is -0.133. The maximum Gasteiger partial charge on any atom is 0.317 e. The minimum atomic E-state index is -0.249. The molecule has 0 aliphatic carbocycles. The fraction of sp³-hybridized carbons (Fsp3) is 0.522. The molecule has 1 aromatic rings. The normalized spacial score (nSPS) is 14.1. The van der Waals surface area contributed by atoms with Gasteiger partial charge in [0.2, 0.25) is 11.8 Å². The quantitative estimate of drug-likeness (QED) is 0.653. The predicted molar refractivity (Wildman–Crippen MR) is 124 cm³/mol. The summed E-state index contributed by atoms with van der Waals surface area (Å²) in [6, 6.07) is 7.59. The minimum Gasteiger partial charge on any atom is -0.368 e. The van der Waals surface area contributed by atoms with Gasteiger partial charge in [-0.05, 0) is 45.0 Å². The van der Waals surface area contributed by atoms with Gasteiger partial charge in [0.1, 0.15) is 6.54 Å². The van der Waals surface area contributed by atoms with E-state index in [1.165, 1.54) is 4.90 Å². The van der Waals surface area contributed by atoms with Gasteiger partial charge < -0.3 is 25.3 Å². The molecule has 0 spiro atoms. The third-order valence-corrected chi connectivity index (χ3v) is 4.90. The Hall–Kier alpha value is -3.03. The van der Waals surface area contributed by atoms with Crippen LogP contribution in [0.4, 0.5) is 16.2 Å². The summed E-state index contributed by atoms with van der Waals surface area (Å²) >= 11 is 0. The summed E-state index contributed by atoms with van der Waals surface area (Å²) in [4.78, 5) is 42.1. The Labute approximate surface area is 185 Å². The molecular formula is C23H35N5O3. The number of piperazine rings is 1. The monoisotopic (exact) mass is 429 g/mol. The van der Waals surface area contributed by atoms with Crippen molar-refractivity contribution in [3.63, 3.8) is 0 Å². The maximum absolute atomic E-state index is 12.3. The van der Waals surface area contributed by atoms with E-state index in [9.17, 15) is 14.4 Å². The molecule has 8 nitrogen and oxygen atoms in total. The van der Waals surface area contributed by atoms with Crippen LogP contribution in [0, 0.1) is 0 Å². The minimum absolute atomic E-state index is 0.000958. The SMILES string of the molecule is C=CCN(CC(=O)Nc1ccc(N2CCN(C(=O)NC(C)(C)C)CC2)cc1)C(=O)CC. The zero-order valence-electron chi connectivity index (χ0n) is 19.1. The first-order valence-electron chi connectivity index (χ1n) is 10.7. The van der Waals surface area contributed by atoms with Gasteiger partial charge in [0, 0.05) is 56.1 Å². The summed E-state index contributed by atoms with van der Waals surface area (Å²) in [5, 5.41) is 5.84. The van der Waals surface area contributed by atoms with Crippen LogP contribution in [0.15, 0.2) is 36.9 Å². The van der Waals surface area contributed by atoms with Gasteiger partial charge in [0.25, 0.3) is 0 Å². The highest BCUT2D eigenvalue weighted by molar-refractivity contribution is 5.94. The van der Waals surface area contributed by atoms with E-state index in [0.717, 1.165) is 18.8 Å². The number of rotatable bonds is 7. The topological polar surface area (TPSA) is 85.0 Å². The maximum atomic E-state index is 12.3. The lowest BCUT2D eigenvalue weighted by Gasteiger charge is -2.37. The Kier molecular flexibility index (Phi) is 8.47. The van der Waals surface area contributed by atoms with Gasteiger partial charge in [-0.1, -0.05) is 13.0 Å². The summed E-state index contributed by atoms with van der Waals surface area (Å²) in [6.45, 7) is 14.5. The highest BCUT2D eigenvalue weighted by atomic mass is 16.2. The van der Waals surface area contributed by atoms with Crippen molar-refractivity contribution in [1.29, 1.82) is 0 Å². The van der Waals surface area contributed by atoms with Crippen molar-refractivity contribution in [3.8, 4) is 0 Å². The highest BCUT2D eigenvalue weighted by Gasteiger charge is 2.24. The molecule has 2 rings (SSSR count). The standard InChI is InChI=1S/C23H35N5O3/c1-6-12-28(21(30)7-2)17-20(29)24-18-8-10-19(11-9-18)26-13-15-27(16-14-26)22(31)25-23(3,4)5/h6,8-11H,1,7,12-17H2,2-5H3,(H,24,29)(H,25,31). The smallest absolute Gasteiger partial charge is 0.317 e. The van der Waals surface area contributed by atoms with Crippen molar-refractivity contribution in [2.45, 2.75) is 39.7 Å². The summed E-state index contributed by atoms with van der Waals surface area (Å²) in [5.74, 6) is -0.324. The molecule has 1 fully saturated rings.